The highest BCUT2D eigenvalue weighted by Gasteiger charge is 2.06. The molecule has 0 saturated carbocycles. The van der Waals surface area contributed by atoms with Gasteiger partial charge in [-0.15, -0.1) is 0 Å². The van der Waals surface area contributed by atoms with Crippen LogP contribution in [0.4, 0.5) is 17.1 Å². The predicted molar refractivity (Wildman–Crippen MR) is 104 cm³/mol. The first kappa shape index (κ1) is 18.8. The van der Waals surface area contributed by atoms with Crippen LogP contribution in [0.15, 0.2) is 93.7 Å². The van der Waals surface area contributed by atoms with E-state index in [1.54, 1.807) is 36.4 Å². The number of esters is 1. The highest BCUT2D eigenvalue weighted by molar-refractivity contribution is 5.94. The van der Waals surface area contributed by atoms with Crippen molar-refractivity contribution in [3.8, 4) is 0 Å². The highest BCUT2D eigenvalue weighted by Crippen LogP contribution is 2.20. The van der Waals surface area contributed by atoms with Crippen LogP contribution >= 0.6 is 0 Å². The van der Waals surface area contributed by atoms with Gasteiger partial charge in [0.15, 0.2) is 6.61 Å². The van der Waals surface area contributed by atoms with Crippen molar-refractivity contribution in [2.75, 3.05) is 11.9 Å². The topological polar surface area (TPSA) is 93.3 Å². The van der Waals surface area contributed by atoms with Gasteiger partial charge in [-0.1, -0.05) is 18.2 Å². The zero-order valence-corrected chi connectivity index (χ0v) is 14.8. The number of nitrogens with zero attached hydrogens (tertiary/aromatic N) is 2. The largest absolute Gasteiger partial charge is 0.465 e. The third kappa shape index (κ3) is 6.06. The molecule has 1 aromatic heterocycles. The molecule has 0 saturated heterocycles. The Bertz CT molecular complexity index is 963. The number of amides is 1. The lowest BCUT2D eigenvalue weighted by Crippen LogP contribution is -2.20. The standard InChI is InChI=1S/C21H17N3O4/c25-20(15-28-21(26)13-12-19-7-4-14-27-19)22-16-8-10-18(11-9-16)24-23-17-5-2-1-3-6-17/h1-14H,15H2,(H,22,25)/b13-12+,24-23?. The Morgan fingerprint density at radius 1 is 0.929 bits per heavy atom. The molecule has 0 bridgehead atoms. The van der Waals surface area contributed by atoms with Crippen molar-refractivity contribution >= 4 is 35.0 Å². The highest BCUT2D eigenvalue weighted by atomic mass is 16.5. The number of hydrogen-bond acceptors (Lipinski definition) is 6. The van der Waals surface area contributed by atoms with Gasteiger partial charge in [0.05, 0.1) is 17.6 Å². The first-order valence-electron chi connectivity index (χ1n) is 8.44. The minimum absolute atomic E-state index is 0.392. The van der Waals surface area contributed by atoms with Crippen LogP contribution in [0.1, 0.15) is 5.76 Å². The van der Waals surface area contributed by atoms with Gasteiger partial charge < -0.3 is 14.5 Å². The van der Waals surface area contributed by atoms with E-state index in [1.165, 1.54) is 18.4 Å². The smallest absolute Gasteiger partial charge is 0.331 e. The van der Waals surface area contributed by atoms with E-state index < -0.39 is 18.5 Å². The number of benzene rings is 2. The monoisotopic (exact) mass is 375 g/mol. The molecule has 7 nitrogen and oxygen atoms in total. The molecule has 1 heterocycles. The number of azo groups is 1. The maximum absolute atomic E-state index is 11.9. The summed E-state index contributed by atoms with van der Waals surface area (Å²) >= 11 is 0. The minimum atomic E-state index is -0.636. The molecule has 0 radical (unpaired) electrons. The van der Waals surface area contributed by atoms with Gasteiger partial charge in [-0.2, -0.15) is 10.2 Å². The summed E-state index contributed by atoms with van der Waals surface area (Å²) in [6, 6.07) is 19.6. The van der Waals surface area contributed by atoms with E-state index in [2.05, 4.69) is 15.5 Å². The summed E-state index contributed by atoms with van der Waals surface area (Å²) in [5.41, 5.74) is 1.96. The Hall–Kier alpha value is -4.00. The van der Waals surface area contributed by atoms with Gasteiger partial charge >= 0.3 is 5.97 Å². The average molecular weight is 375 g/mol. The van der Waals surface area contributed by atoms with Crippen molar-refractivity contribution in [3.63, 3.8) is 0 Å². The minimum Gasteiger partial charge on any atom is -0.465 e. The lowest BCUT2D eigenvalue weighted by atomic mass is 10.3. The number of rotatable bonds is 7. The third-order valence-corrected chi connectivity index (χ3v) is 3.46. The van der Waals surface area contributed by atoms with Gasteiger partial charge in [-0.3, -0.25) is 4.79 Å². The van der Waals surface area contributed by atoms with Crippen molar-refractivity contribution in [2.24, 2.45) is 10.2 Å². The normalized spacial score (nSPS) is 11.0. The molecule has 0 aliphatic rings. The maximum Gasteiger partial charge on any atom is 0.331 e. The summed E-state index contributed by atoms with van der Waals surface area (Å²) in [7, 11) is 0. The molecular formula is C21H17N3O4. The Morgan fingerprint density at radius 2 is 1.64 bits per heavy atom. The molecule has 28 heavy (non-hydrogen) atoms. The van der Waals surface area contributed by atoms with Crippen LogP contribution in [0.2, 0.25) is 0 Å². The van der Waals surface area contributed by atoms with Gasteiger partial charge in [0, 0.05) is 11.8 Å². The summed E-state index contributed by atoms with van der Waals surface area (Å²) in [5, 5.41) is 10.9. The summed E-state index contributed by atoms with van der Waals surface area (Å²) in [4.78, 5) is 23.4. The lowest BCUT2D eigenvalue weighted by molar-refractivity contribution is -0.142. The molecule has 7 heteroatoms. The Labute approximate surface area is 161 Å². The quantitative estimate of drug-likeness (QED) is 0.361. The molecule has 1 amide bonds. The number of furan rings is 1. The SMILES string of the molecule is O=C(COC(=O)/C=C/c1ccco1)Nc1ccc(N=Nc2ccccc2)cc1. The molecule has 2 aromatic carbocycles. The van der Waals surface area contributed by atoms with Crippen LogP contribution in [-0.4, -0.2) is 18.5 Å². The van der Waals surface area contributed by atoms with Crippen LogP contribution in [0.25, 0.3) is 6.08 Å². The maximum atomic E-state index is 11.9. The molecule has 0 atom stereocenters. The van der Waals surface area contributed by atoms with Gasteiger partial charge in [0.2, 0.25) is 0 Å². The summed E-state index contributed by atoms with van der Waals surface area (Å²) < 4.78 is 9.92. The molecular weight excluding hydrogens is 358 g/mol. The van der Waals surface area contributed by atoms with Crippen LogP contribution in [0, 0.1) is 0 Å². The Balaban J connectivity index is 1.45. The van der Waals surface area contributed by atoms with E-state index >= 15 is 0 Å². The van der Waals surface area contributed by atoms with E-state index in [9.17, 15) is 9.59 Å². The summed E-state index contributed by atoms with van der Waals surface area (Å²) in [6.07, 6.45) is 4.15. The van der Waals surface area contributed by atoms with E-state index in [1.807, 2.05) is 30.3 Å². The van der Waals surface area contributed by atoms with Crippen molar-refractivity contribution < 1.29 is 18.7 Å². The predicted octanol–water partition coefficient (Wildman–Crippen LogP) is 4.89. The number of carbonyl (C=O) groups is 2. The number of nitrogens with one attached hydrogen (secondary N) is 1. The Kier molecular flexibility index (Phi) is 6.46. The van der Waals surface area contributed by atoms with Gasteiger partial charge in [0.25, 0.3) is 5.91 Å². The summed E-state index contributed by atoms with van der Waals surface area (Å²) in [5.74, 6) is -0.562. The van der Waals surface area contributed by atoms with E-state index in [0.717, 1.165) is 5.69 Å². The zero-order valence-electron chi connectivity index (χ0n) is 14.8. The van der Waals surface area contributed by atoms with E-state index in [4.69, 9.17) is 9.15 Å². The second-order valence-electron chi connectivity index (χ2n) is 5.59. The molecule has 0 fully saturated rings. The van der Waals surface area contributed by atoms with Crippen LogP contribution in [0.3, 0.4) is 0 Å². The van der Waals surface area contributed by atoms with Crippen molar-refractivity contribution in [1.29, 1.82) is 0 Å². The fraction of sp³-hybridized carbons (Fsp3) is 0.0476. The van der Waals surface area contributed by atoms with Crippen LogP contribution in [-0.2, 0) is 14.3 Å². The van der Waals surface area contributed by atoms with Gasteiger partial charge in [-0.25, -0.2) is 4.79 Å². The molecule has 140 valence electrons. The summed E-state index contributed by atoms with van der Waals surface area (Å²) in [6.45, 7) is -0.392. The average Bonchev–Trinajstić information content (AvgIpc) is 3.25. The fourth-order valence-corrected chi connectivity index (χ4v) is 2.14. The van der Waals surface area contributed by atoms with Crippen molar-refractivity contribution in [3.05, 3.63) is 84.8 Å². The third-order valence-electron chi connectivity index (χ3n) is 3.46. The van der Waals surface area contributed by atoms with Gasteiger partial charge in [-0.05, 0) is 54.6 Å². The Morgan fingerprint density at radius 3 is 2.32 bits per heavy atom. The van der Waals surface area contributed by atoms with Crippen LogP contribution < -0.4 is 5.32 Å². The first-order valence-corrected chi connectivity index (χ1v) is 8.44. The zero-order chi connectivity index (χ0) is 19.6. The lowest BCUT2D eigenvalue weighted by Gasteiger charge is -2.05. The molecule has 3 rings (SSSR count). The van der Waals surface area contributed by atoms with E-state index in [0.29, 0.717) is 17.1 Å². The second kappa shape index (κ2) is 9.63. The van der Waals surface area contributed by atoms with Crippen molar-refractivity contribution in [2.45, 2.75) is 0 Å². The molecule has 3 aromatic rings. The number of hydrogen-bond donors (Lipinski definition) is 1. The molecule has 1 N–H and O–H groups in total. The van der Waals surface area contributed by atoms with Gasteiger partial charge in [0.1, 0.15) is 5.76 Å². The molecule has 0 spiro atoms. The van der Waals surface area contributed by atoms with Crippen molar-refractivity contribution in [1.82, 2.24) is 0 Å². The molecule has 0 aliphatic carbocycles. The first-order chi connectivity index (χ1) is 13.7. The molecule has 0 aliphatic heterocycles. The van der Waals surface area contributed by atoms with Crippen LogP contribution in [0.5, 0.6) is 0 Å². The number of anilines is 1. The molecule has 0 unspecified atom stereocenters. The second-order valence-corrected chi connectivity index (χ2v) is 5.59. The number of ether oxygens (including phenoxy) is 1. The fourth-order valence-electron chi connectivity index (χ4n) is 2.14. The van der Waals surface area contributed by atoms with E-state index in [-0.39, 0.29) is 0 Å². The number of carbonyl (C=O) groups excluding carboxylic acids is 2.